The van der Waals surface area contributed by atoms with Gasteiger partial charge in [-0.25, -0.2) is 4.39 Å². The average Bonchev–Trinajstić information content (AvgIpc) is 2.82. The second kappa shape index (κ2) is 5.56. The Morgan fingerprint density at radius 2 is 1.95 bits per heavy atom. The molecule has 3 nitrogen and oxygen atoms in total. The summed E-state index contributed by atoms with van der Waals surface area (Å²) in [6, 6.07) is 14.0. The minimum atomic E-state index is -0.458. The molecule has 0 aliphatic carbocycles. The van der Waals surface area contributed by atoms with Crippen LogP contribution < -0.4 is 9.64 Å². The summed E-state index contributed by atoms with van der Waals surface area (Å²) in [6.45, 7) is 1.83. The van der Waals surface area contributed by atoms with Crippen LogP contribution in [-0.2, 0) is 11.2 Å². The second-order valence-electron chi connectivity index (χ2n) is 5.16. The number of halogens is 1. The smallest absolute Gasteiger partial charge is 0.265 e. The van der Waals surface area contributed by atoms with Gasteiger partial charge in [-0.05, 0) is 37.1 Å². The molecule has 1 amide bonds. The van der Waals surface area contributed by atoms with Crippen molar-refractivity contribution in [3.05, 3.63) is 59.9 Å². The monoisotopic (exact) mass is 285 g/mol. The van der Waals surface area contributed by atoms with E-state index in [0.29, 0.717) is 0 Å². The molecule has 1 aliphatic rings. The zero-order chi connectivity index (χ0) is 14.8. The minimum absolute atomic E-state index is 0.0964. The van der Waals surface area contributed by atoms with Crippen LogP contribution in [0.4, 0.5) is 10.1 Å². The van der Waals surface area contributed by atoms with E-state index in [1.807, 2.05) is 31.2 Å². The van der Waals surface area contributed by atoms with E-state index >= 15 is 0 Å². The maximum atomic E-state index is 13.5. The second-order valence-corrected chi connectivity index (χ2v) is 5.16. The Morgan fingerprint density at radius 3 is 2.76 bits per heavy atom. The van der Waals surface area contributed by atoms with Gasteiger partial charge in [-0.1, -0.05) is 30.3 Å². The van der Waals surface area contributed by atoms with Gasteiger partial charge >= 0.3 is 0 Å². The zero-order valence-electron chi connectivity index (χ0n) is 11.8. The van der Waals surface area contributed by atoms with Crippen molar-refractivity contribution < 1.29 is 13.9 Å². The Labute approximate surface area is 123 Å². The van der Waals surface area contributed by atoms with E-state index in [-0.39, 0.29) is 24.3 Å². The van der Waals surface area contributed by atoms with Crippen LogP contribution in [0.5, 0.6) is 5.75 Å². The van der Waals surface area contributed by atoms with Crippen molar-refractivity contribution in [2.45, 2.75) is 19.4 Å². The van der Waals surface area contributed by atoms with Crippen molar-refractivity contribution in [1.29, 1.82) is 0 Å². The van der Waals surface area contributed by atoms with Crippen molar-refractivity contribution in [3.63, 3.8) is 0 Å². The molecule has 0 spiro atoms. The van der Waals surface area contributed by atoms with Crippen LogP contribution in [0.1, 0.15) is 12.5 Å². The number of ether oxygens (including phenoxy) is 1. The van der Waals surface area contributed by atoms with Crippen molar-refractivity contribution in [2.24, 2.45) is 0 Å². The van der Waals surface area contributed by atoms with Crippen molar-refractivity contribution in [2.75, 3.05) is 11.5 Å². The highest BCUT2D eigenvalue weighted by molar-refractivity contribution is 5.97. The summed E-state index contributed by atoms with van der Waals surface area (Å²) < 4.78 is 18.8. The standard InChI is InChI=1S/C17H16FNO2/c1-12-10-13-6-2-4-8-15(13)19(12)17(20)11-21-16-9-5-3-7-14(16)18/h2-9,12H,10-11H2,1H3. The van der Waals surface area contributed by atoms with E-state index in [1.54, 1.807) is 17.0 Å². The predicted octanol–water partition coefficient (Wildman–Crippen LogP) is 3.18. The number of nitrogens with zero attached hydrogens (tertiary/aromatic N) is 1. The molecule has 1 aliphatic heterocycles. The van der Waals surface area contributed by atoms with Gasteiger partial charge in [0.2, 0.25) is 0 Å². The highest BCUT2D eigenvalue weighted by Gasteiger charge is 2.30. The predicted molar refractivity (Wildman–Crippen MR) is 79.0 cm³/mol. The fraction of sp³-hybridized carbons (Fsp3) is 0.235. The van der Waals surface area contributed by atoms with E-state index in [0.717, 1.165) is 17.7 Å². The fourth-order valence-electron chi connectivity index (χ4n) is 2.72. The number of benzene rings is 2. The van der Waals surface area contributed by atoms with Gasteiger partial charge < -0.3 is 9.64 Å². The Hall–Kier alpha value is -2.36. The third-order valence-corrected chi connectivity index (χ3v) is 3.66. The fourth-order valence-corrected chi connectivity index (χ4v) is 2.72. The minimum Gasteiger partial charge on any atom is -0.481 e. The third kappa shape index (κ3) is 2.61. The van der Waals surface area contributed by atoms with E-state index in [1.165, 1.54) is 12.1 Å². The van der Waals surface area contributed by atoms with Gasteiger partial charge in [0.05, 0.1) is 0 Å². The molecular weight excluding hydrogens is 269 g/mol. The molecule has 0 bridgehead atoms. The molecule has 0 saturated carbocycles. The van der Waals surface area contributed by atoms with Crippen molar-refractivity contribution in [1.82, 2.24) is 0 Å². The SMILES string of the molecule is CC1Cc2ccccc2N1C(=O)COc1ccccc1F. The number of rotatable bonds is 3. The molecular formula is C17H16FNO2. The van der Waals surface area contributed by atoms with Crippen LogP contribution in [0, 0.1) is 5.82 Å². The summed E-state index contributed by atoms with van der Waals surface area (Å²) in [5, 5.41) is 0. The molecule has 1 atom stereocenters. The molecule has 3 rings (SSSR count). The number of anilines is 1. The van der Waals surface area contributed by atoms with Gasteiger partial charge in [0, 0.05) is 11.7 Å². The highest BCUT2D eigenvalue weighted by Crippen LogP contribution is 2.31. The van der Waals surface area contributed by atoms with Crippen LogP contribution >= 0.6 is 0 Å². The normalized spacial score (nSPS) is 16.7. The van der Waals surface area contributed by atoms with Gasteiger partial charge in [-0.3, -0.25) is 4.79 Å². The lowest BCUT2D eigenvalue weighted by atomic mass is 10.1. The van der Waals surface area contributed by atoms with Gasteiger partial charge in [0.15, 0.2) is 18.2 Å². The quantitative estimate of drug-likeness (QED) is 0.867. The lowest BCUT2D eigenvalue weighted by Crippen LogP contribution is -2.39. The molecule has 0 aromatic heterocycles. The Balaban J connectivity index is 1.73. The number of carbonyl (C=O) groups excluding carboxylic acids is 1. The highest BCUT2D eigenvalue weighted by atomic mass is 19.1. The van der Waals surface area contributed by atoms with Gasteiger partial charge in [-0.2, -0.15) is 0 Å². The first-order valence-electron chi connectivity index (χ1n) is 6.94. The number of hydrogen-bond donors (Lipinski definition) is 0. The van der Waals surface area contributed by atoms with E-state index < -0.39 is 5.82 Å². The first kappa shape index (κ1) is 13.6. The summed E-state index contributed by atoms with van der Waals surface area (Å²) in [5.74, 6) is -0.512. The van der Waals surface area contributed by atoms with Crippen LogP contribution in [0.2, 0.25) is 0 Å². The molecule has 4 heteroatoms. The largest absolute Gasteiger partial charge is 0.481 e. The maximum absolute atomic E-state index is 13.5. The first-order valence-corrected chi connectivity index (χ1v) is 6.94. The summed E-state index contributed by atoms with van der Waals surface area (Å²) in [7, 11) is 0. The Bertz CT molecular complexity index is 671. The van der Waals surface area contributed by atoms with Crippen molar-refractivity contribution in [3.8, 4) is 5.75 Å². The number of hydrogen-bond acceptors (Lipinski definition) is 2. The van der Waals surface area contributed by atoms with E-state index in [9.17, 15) is 9.18 Å². The molecule has 0 fully saturated rings. The molecule has 2 aromatic rings. The van der Waals surface area contributed by atoms with Crippen molar-refractivity contribution >= 4 is 11.6 Å². The average molecular weight is 285 g/mol. The lowest BCUT2D eigenvalue weighted by Gasteiger charge is -2.22. The number of carbonyl (C=O) groups is 1. The van der Waals surface area contributed by atoms with Crippen LogP contribution in [0.15, 0.2) is 48.5 Å². The van der Waals surface area contributed by atoms with Crippen LogP contribution in [0.25, 0.3) is 0 Å². The molecule has 108 valence electrons. The first-order chi connectivity index (χ1) is 10.2. The van der Waals surface area contributed by atoms with E-state index in [2.05, 4.69) is 0 Å². The topological polar surface area (TPSA) is 29.5 Å². The van der Waals surface area contributed by atoms with Crippen LogP contribution in [-0.4, -0.2) is 18.6 Å². The summed E-state index contributed by atoms with van der Waals surface area (Å²) in [6.07, 6.45) is 0.835. The number of para-hydroxylation sites is 2. The van der Waals surface area contributed by atoms with Gasteiger partial charge in [0.25, 0.3) is 5.91 Å². The molecule has 0 radical (unpaired) electrons. The molecule has 0 saturated heterocycles. The molecule has 2 aromatic carbocycles. The zero-order valence-corrected chi connectivity index (χ0v) is 11.8. The Kier molecular flexibility index (Phi) is 3.60. The Morgan fingerprint density at radius 1 is 1.24 bits per heavy atom. The third-order valence-electron chi connectivity index (χ3n) is 3.66. The summed E-state index contributed by atoms with van der Waals surface area (Å²) in [4.78, 5) is 14.1. The summed E-state index contributed by atoms with van der Waals surface area (Å²) >= 11 is 0. The number of amides is 1. The molecule has 21 heavy (non-hydrogen) atoms. The molecule has 1 heterocycles. The summed E-state index contributed by atoms with van der Waals surface area (Å²) in [5.41, 5.74) is 2.08. The van der Waals surface area contributed by atoms with Gasteiger partial charge in [0.1, 0.15) is 0 Å². The maximum Gasteiger partial charge on any atom is 0.265 e. The lowest BCUT2D eigenvalue weighted by molar-refractivity contribution is -0.120. The van der Waals surface area contributed by atoms with Gasteiger partial charge in [-0.15, -0.1) is 0 Å². The molecule has 1 unspecified atom stereocenters. The molecule has 0 N–H and O–H groups in total. The van der Waals surface area contributed by atoms with E-state index in [4.69, 9.17) is 4.74 Å². The van der Waals surface area contributed by atoms with Crippen LogP contribution in [0.3, 0.4) is 0 Å². The number of fused-ring (bicyclic) bond motifs is 1.